The third kappa shape index (κ3) is 3.06. The molecule has 0 atom stereocenters. The molecule has 0 saturated heterocycles. The first kappa shape index (κ1) is 13.9. The fraction of sp³-hybridized carbons (Fsp3) is 0. The number of hydrogen-bond donors (Lipinski definition) is 3. The predicted molar refractivity (Wildman–Crippen MR) is 76.7 cm³/mol. The molecule has 20 heavy (non-hydrogen) atoms. The van der Waals surface area contributed by atoms with Crippen LogP contribution in [0.5, 0.6) is 0 Å². The first-order chi connectivity index (χ1) is 9.40. The van der Waals surface area contributed by atoms with Gasteiger partial charge in [0.05, 0.1) is 27.9 Å². The summed E-state index contributed by atoms with van der Waals surface area (Å²) in [5.41, 5.74) is 7.89. The highest BCUT2D eigenvalue weighted by Gasteiger charge is 2.10. The molecule has 2 aromatic carbocycles. The first-order valence-corrected chi connectivity index (χ1v) is 7.14. The van der Waals surface area contributed by atoms with E-state index >= 15 is 0 Å². The maximum atomic E-state index is 11.2. The van der Waals surface area contributed by atoms with Crippen molar-refractivity contribution in [3.63, 3.8) is 0 Å². The molecule has 0 unspecified atom stereocenters. The molecule has 102 valence electrons. The third-order valence-electron chi connectivity index (χ3n) is 2.64. The zero-order valence-electron chi connectivity index (χ0n) is 10.4. The Morgan fingerprint density at radius 2 is 1.75 bits per heavy atom. The molecule has 0 heterocycles. The third-order valence-corrected chi connectivity index (χ3v) is 3.56. The van der Waals surface area contributed by atoms with Gasteiger partial charge in [-0.05, 0) is 42.5 Å². The second-order valence-corrected chi connectivity index (χ2v) is 5.67. The summed E-state index contributed by atoms with van der Waals surface area (Å²) in [6, 6.07) is 13.0. The van der Waals surface area contributed by atoms with Crippen molar-refractivity contribution in [1.82, 2.24) is 0 Å². The molecule has 7 heteroatoms. The molecule has 0 aliphatic heterocycles. The van der Waals surface area contributed by atoms with Crippen LogP contribution in [0.25, 0.3) is 0 Å². The summed E-state index contributed by atoms with van der Waals surface area (Å²) in [7, 11) is -3.77. The predicted octanol–water partition coefficient (Wildman–Crippen LogP) is 1.53. The van der Waals surface area contributed by atoms with Gasteiger partial charge in [0.25, 0.3) is 0 Å². The lowest BCUT2D eigenvalue weighted by Gasteiger charge is -2.10. The van der Waals surface area contributed by atoms with Crippen LogP contribution in [0, 0.1) is 11.3 Å². The van der Waals surface area contributed by atoms with Crippen LogP contribution in [0.3, 0.4) is 0 Å². The number of nitrogens with one attached hydrogen (secondary N) is 1. The van der Waals surface area contributed by atoms with Crippen LogP contribution in [-0.2, 0) is 10.0 Å². The van der Waals surface area contributed by atoms with Gasteiger partial charge in [-0.15, -0.1) is 0 Å². The number of rotatable bonds is 3. The topological polar surface area (TPSA) is 122 Å². The molecule has 0 fully saturated rings. The molecule has 6 nitrogen and oxygen atoms in total. The van der Waals surface area contributed by atoms with Gasteiger partial charge in [-0.1, -0.05) is 0 Å². The summed E-state index contributed by atoms with van der Waals surface area (Å²) in [5.74, 6) is 0. The lowest BCUT2D eigenvalue weighted by atomic mass is 10.2. The minimum Gasteiger partial charge on any atom is -0.397 e. The van der Waals surface area contributed by atoms with Crippen molar-refractivity contribution >= 4 is 27.1 Å². The molecule has 0 spiro atoms. The summed E-state index contributed by atoms with van der Waals surface area (Å²) >= 11 is 0. The van der Waals surface area contributed by atoms with Crippen molar-refractivity contribution in [1.29, 1.82) is 5.26 Å². The Hall–Kier alpha value is -2.56. The van der Waals surface area contributed by atoms with Gasteiger partial charge in [0, 0.05) is 5.69 Å². The van der Waals surface area contributed by atoms with Gasteiger partial charge in [0.2, 0.25) is 10.0 Å². The number of nitrogens with zero attached hydrogens (tertiary/aromatic N) is 1. The maximum Gasteiger partial charge on any atom is 0.238 e. The smallest absolute Gasteiger partial charge is 0.238 e. The fourth-order valence-electron chi connectivity index (χ4n) is 1.62. The Kier molecular flexibility index (Phi) is 3.61. The highest BCUT2D eigenvalue weighted by atomic mass is 32.2. The Morgan fingerprint density at radius 1 is 1.10 bits per heavy atom. The number of primary sulfonamides is 1. The number of anilines is 3. The molecule has 0 aliphatic rings. The highest BCUT2D eigenvalue weighted by molar-refractivity contribution is 7.89. The van der Waals surface area contributed by atoms with E-state index in [4.69, 9.17) is 16.1 Å². The van der Waals surface area contributed by atoms with Crippen molar-refractivity contribution < 1.29 is 8.42 Å². The van der Waals surface area contributed by atoms with E-state index in [-0.39, 0.29) is 10.6 Å². The number of hydrogen-bond acceptors (Lipinski definition) is 5. The molecule has 5 N–H and O–H groups in total. The average molecular weight is 288 g/mol. The molecule has 0 bridgehead atoms. The van der Waals surface area contributed by atoms with Gasteiger partial charge in [0.15, 0.2) is 0 Å². The second-order valence-electron chi connectivity index (χ2n) is 4.11. The van der Waals surface area contributed by atoms with E-state index in [9.17, 15) is 8.42 Å². The van der Waals surface area contributed by atoms with Gasteiger partial charge in [-0.25, -0.2) is 13.6 Å². The van der Waals surface area contributed by atoms with E-state index in [1.807, 2.05) is 6.07 Å². The highest BCUT2D eigenvalue weighted by Crippen LogP contribution is 2.25. The molecule has 2 aromatic rings. The minimum absolute atomic E-state index is 0.0413. The zero-order valence-corrected chi connectivity index (χ0v) is 11.2. The van der Waals surface area contributed by atoms with E-state index in [1.54, 1.807) is 24.3 Å². The summed E-state index contributed by atoms with van der Waals surface area (Å²) in [5, 5.41) is 16.8. The van der Waals surface area contributed by atoms with Gasteiger partial charge < -0.3 is 11.1 Å². The number of benzene rings is 2. The van der Waals surface area contributed by atoms with E-state index in [2.05, 4.69) is 5.32 Å². The number of sulfonamides is 1. The van der Waals surface area contributed by atoms with E-state index in [1.165, 1.54) is 18.2 Å². The first-order valence-electron chi connectivity index (χ1n) is 5.59. The summed E-state index contributed by atoms with van der Waals surface area (Å²) in [4.78, 5) is -0.0413. The number of nitrogen functional groups attached to an aromatic ring is 1. The van der Waals surface area contributed by atoms with Crippen molar-refractivity contribution in [2.45, 2.75) is 4.90 Å². The van der Waals surface area contributed by atoms with Crippen LogP contribution in [0.2, 0.25) is 0 Å². The monoisotopic (exact) mass is 288 g/mol. The van der Waals surface area contributed by atoms with E-state index < -0.39 is 10.0 Å². The van der Waals surface area contributed by atoms with Crippen LogP contribution in [0.15, 0.2) is 47.4 Å². The molecule has 0 saturated carbocycles. The van der Waals surface area contributed by atoms with Crippen LogP contribution in [-0.4, -0.2) is 8.42 Å². The average Bonchev–Trinajstić information content (AvgIpc) is 2.41. The summed E-state index contributed by atoms with van der Waals surface area (Å²) in [6.07, 6.45) is 0. The molecule has 0 radical (unpaired) electrons. The SMILES string of the molecule is N#Cc1ccc(Nc2ccc(S(N)(=O)=O)cc2N)cc1. The Morgan fingerprint density at radius 3 is 2.25 bits per heavy atom. The van der Waals surface area contributed by atoms with Gasteiger partial charge in [-0.2, -0.15) is 5.26 Å². The van der Waals surface area contributed by atoms with Gasteiger partial charge >= 0.3 is 0 Å². The van der Waals surface area contributed by atoms with Gasteiger partial charge in [0.1, 0.15) is 0 Å². The van der Waals surface area contributed by atoms with Crippen molar-refractivity contribution in [3.8, 4) is 6.07 Å². The molecule has 0 aliphatic carbocycles. The summed E-state index contributed by atoms with van der Waals surface area (Å²) in [6.45, 7) is 0. The molecule has 0 amide bonds. The van der Waals surface area contributed by atoms with Crippen LogP contribution in [0.1, 0.15) is 5.56 Å². The minimum atomic E-state index is -3.77. The van der Waals surface area contributed by atoms with Crippen molar-refractivity contribution in [3.05, 3.63) is 48.0 Å². The molecule has 0 aromatic heterocycles. The van der Waals surface area contributed by atoms with E-state index in [0.717, 1.165) is 5.69 Å². The Labute approximate surface area is 116 Å². The number of nitriles is 1. The summed E-state index contributed by atoms with van der Waals surface area (Å²) < 4.78 is 22.4. The fourth-order valence-corrected chi connectivity index (χ4v) is 2.16. The number of nitrogens with two attached hydrogens (primary N) is 2. The van der Waals surface area contributed by atoms with Crippen LogP contribution in [0.4, 0.5) is 17.1 Å². The molecule has 2 rings (SSSR count). The lowest BCUT2D eigenvalue weighted by Crippen LogP contribution is -2.12. The normalized spacial score (nSPS) is 10.8. The quantitative estimate of drug-likeness (QED) is 0.739. The zero-order chi connectivity index (χ0) is 14.8. The van der Waals surface area contributed by atoms with Crippen LogP contribution >= 0.6 is 0 Å². The second kappa shape index (κ2) is 5.21. The van der Waals surface area contributed by atoms with E-state index in [0.29, 0.717) is 11.3 Å². The standard InChI is InChI=1S/C13H12N4O2S/c14-8-9-1-3-10(4-2-9)17-13-6-5-11(7-12(13)15)20(16,18)19/h1-7,17H,15H2,(H2,16,18,19). The lowest BCUT2D eigenvalue weighted by molar-refractivity contribution is 0.598. The Bertz CT molecular complexity index is 777. The largest absolute Gasteiger partial charge is 0.397 e. The van der Waals surface area contributed by atoms with Crippen molar-refractivity contribution in [2.24, 2.45) is 5.14 Å². The Balaban J connectivity index is 2.28. The molecular formula is C13H12N4O2S. The van der Waals surface area contributed by atoms with Gasteiger partial charge in [-0.3, -0.25) is 0 Å². The molecular weight excluding hydrogens is 276 g/mol. The van der Waals surface area contributed by atoms with Crippen LogP contribution < -0.4 is 16.2 Å². The van der Waals surface area contributed by atoms with Crippen molar-refractivity contribution in [2.75, 3.05) is 11.1 Å². The maximum absolute atomic E-state index is 11.2.